The summed E-state index contributed by atoms with van der Waals surface area (Å²) in [7, 11) is 0. The number of carbonyl (C=O) groups excluding carboxylic acids is 1. The molecule has 0 atom stereocenters. The fourth-order valence-electron chi connectivity index (χ4n) is 1.57. The number of rotatable bonds is 4. The number of nitro groups is 1. The van der Waals surface area contributed by atoms with Crippen LogP contribution in [0.2, 0.25) is 0 Å². The molecule has 0 spiro atoms. The minimum atomic E-state index is -0.502. The SMILES string of the molecule is NNC(=O)c1ccc(Cn2cc([N+](=O)[O-])cn2)cc1. The van der Waals surface area contributed by atoms with Crippen molar-refractivity contribution < 1.29 is 9.72 Å². The molecule has 1 aromatic heterocycles. The van der Waals surface area contributed by atoms with Gasteiger partial charge in [0.2, 0.25) is 0 Å². The van der Waals surface area contributed by atoms with Gasteiger partial charge in [0.05, 0.1) is 11.5 Å². The molecule has 2 aromatic rings. The fourth-order valence-corrected chi connectivity index (χ4v) is 1.57. The second kappa shape index (κ2) is 5.27. The standard InChI is InChI=1S/C11H11N5O3/c12-14-11(17)9-3-1-8(2-4-9)6-15-7-10(5-13-15)16(18)19/h1-5,7H,6,12H2,(H,14,17). The van der Waals surface area contributed by atoms with Crippen molar-refractivity contribution in [1.29, 1.82) is 0 Å². The van der Waals surface area contributed by atoms with E-state index in [-0.39, 0.29) is 11.6 Å². The van der Waals surface area contributed by atoms with Crippen LogP contribution in [0.25, 0.3) is 0 Å². The Labute approximate surface area is 108 Å². The number of benzene rings is 1. The minimum absolute atomic E-state index is 0.0564. The smallest absolute Gasteiger partial charge is 0.290 e. The maximum absolute atomic E-state index is 11.2. The molecule has 3 N–H and O–H groups in total. The van der Waals surface area contributed by atoms with Gasteiger partial charge in [-0.1, -0.05) is 12.1 Å². The number of hydrogen-bond donors (Lipinski definition) is 2. The molecule has 0 aliphatic carbocycles. The molecule has 0 radical (unpaired) electrons. The molecule has 8 heteroatoms. The van der Waals surface area contributed by atoms with Crippen LogP contribution in [0, 0.1) is 10.1 Å². The zero-order valence-corrected chi connectivity index (χ0v) is 9.81. The number of nitrogens with one attached hydrogen (secondary N) is 1. The lowest BCUT2D eigenvalue weighted by Crippen LogP contribution is -2.29. The molecule has 0 aliphatic rings. The maximum Gasteiger partial charge on any atom is 0.307 e. The van der Waals surface area contributed by atoms with E-state index in [1.54, 1.807) is 24.3 Å². The summed E-state index contributed by atoms with van der Waals surface area (Å²) >= 11 is 0. The van der Waals surface area contributed by atoms with E-state index in [1.165, 1.54) is 17.1 Å². The van der Waals surface area contributed by atoms with Crippen LogP contribution in [0.1, 0.15) is 15.9 Å². The highest BCUT2D eigenvalue weighted by atomic mass is 16.6. The molecule has 0 saturated carbocycles. The Bertz CT molecular complexity index is 605. The van der Waals surface area contributed by atoms with Gasteiger partial charge in [-0.15, -0.1) is 0 Å². The van der Waals surface area contributed by atoms with Crippen LogP contribution in [-0.2, 0) is 6.54 Å². The monoisotopic (exact) mass is 261 g/mol. The largest absolute Gasteiger partial charge is 0.307 e. The van der Waals surface area contributed by atoms with Gasteiger partial charge >= 0.3 is 5.69 Å². The lowest BCUT2D eigenvalue weighted by atomic mass is 10.1. The van der Waals surface area contributed by atoms with E-state index >= 15 is 0 Å². The predicted molar refractivity (Wildman–Crippen MR) is 66.1 cm³/mol. The number of nitrogens with zero attached hydrogens (tertiary/aromatic N) is 3. The summed E-state index contributed by atoms with van der Waals surface area (Å²) in [5.41, 5.74) is 3.29. The summed E-state index contributed by atoms with van der Waals surface area (Å²) < 4.78 is 1.45. The van der Waals surface area contributed by atoms with E-state index in [0.29, 0.717) is 12.1 Å². The lowest BCUT2D eigenvalue weighted by molar-refractivity contribution is -0.385. The molecule has 19 heavy (non-hydrogen) atoms. The second-order valence-corrected chi connectivity index (χ2v) is 3.82. The van der Waals surface area contributed by atoms with Crippen LogP contribution in [0.5, 0.6) is 0 Å². The van der Waals surface area contributed by atoms with Crippen LogP contribution >= 0.6 is 0 Å². The summed E-state index contributed by atoms with van der Waals surface area (Å²) in [6, 6.07) is 6.71. The van der Waals surface area contributed by atoms with Crippen molar-refractivity contribution in [3.63, 3.8) is 0 Å². The Hall–Kier alpha value is -2.74. The molecular formula is C11H11N5O3. The van der Waals surface area contributed by atoms with Gasteiger partial charge in [0, 0.05) is 5.56 Å². The molecule has 1 heterocycles. The van der Waals surface area contributed by atoms with E-state index in [0.717, 1.165) is 5.56 Å². The zero-order chi connectivity index (χ0) is 13.8. The van der Waals surface area contributed by atoms with Crippen molar-refractivity contribution in [1.82, 2.24) is 15.2 Å². The van der Waals surface area contributed by atoms with E-state index in [2.05, 4.69) is 5.10 Å². The van der Waals surface area contributed by atoms with E-state index in [1.807, 2.05) is 5.43 Å². The first kappa shape index (κ1) is 12.7. The maximum atomic E-state index is 11.2. The van der Waals surface area contributed by atoms with E-state index in [4.69, 9.17) is 5.84 Å². The third-order valence-corrected chi connectivity index (χ3v) is 2.52. The molecule has 98 valence electrons. The summed E-state index contributed by atoms with van der Waals surface area (Å²) in [6.45, 7) is 0.387. The van der Waals surface area contributed by atoms with Gasteiger partial charge in [-0.3, -0.25) is 25.0 Å². The second-order valence-electron chi connectivity index (χ2n) is 3.82. The highest BCUT2D eigenvalue weighted by Gasteiger charge is 2.09. The van der Waals surface area contributed by atoms with Crippen molar-refractivity contribution in [3.05, 3.63) is 57.9 Å². The van der Waals surface area contributed by atoms with Crippen LogP contribution in [0.4, 0.5) is 5.69 Å². The first-order valence-electron chi connectivity index (χ1n) is 5.37. The number of aromatic nitrogens is 2. The van der Waals surface area contributed by atoms with Crippen molar-refractivity contribution in [3.8, 4) is 0 Å². The van der Waals surface area contributed by atoms with Gasteiger partial charge in [0.15, 0.2) is 0 Å². The quantitative estimate of drug-likeness (QED) is 0.358. The van der Waals surface area contributed by atoms with Crippen LogP contribution < -0.4 is 11.3 Å². The average molecular weight is 261 g/mol. The first-order valence-corrected chi connectivity index (χ1v) is 5.37. The number of nitrogens with two attached hydrogens (primary N) is 1. The number of nitrogen functional groups attached to an aromatic ring is 1. The van der Waals surface area contributed by atoms with Gasteiger partial charge in [-0.2, -0.15) is 5.10 Å². The Morgan fingerprint density at radius 1 is 1.42 bits per heavy atom. The summed E-state index contributed by atoms with van der Waals surface area (Å²) in [6.07, 6.45) is 2.54. The van der Waals surface area contributed by atoms with Crippen LogP contribution in [0.15, 0.2) is 36.7 Å². The first-order chi connectivity index (χ1) is 9.10. The van der Waals surface area contributed by atoms with Gasteiger partial charge in [-0.25, -0.2) is 5.84 Å². The molecule has 0 unspecified atom stereocenters. The Morgan fingerprint density at radius 2 is 2.11 bits per heavy atom. The van der Waals surface area contributed by atoms with Crippen molar-refractivity contribution in [2.45, 2.75) is 6.54 Å². The summed E-state index contributed by atoms with van der Waals surface area (Å²) in [5, 5.41) is 14.4. The van der Waals surface area contributed by atoms with Crippen LogP contribution in [0.3, 0.4) is 0 Å². The number of amides is 1. The zero-order valence-electron chi connectivity index (χ0n) is 9.81. The number of hydrazine groups is 1. The van der Waals surface area contributed by atoms with Crippen LogP contribution in [-0.4, -0.2) is 20.6 Å². The number of hydrogen-bond acceptors (Lipinski definition) is 5. The number of carbonyl (C=O) groups is 1. The third-order valence-electron chi connectivity index (χ3n) is 2.52. The fraction of sp³-hybridized carbons (Fsp3) is 0.0909. The Balaban J connectivity index is 2.10. The van der Waals surface area contributed by atoms with E-state index in [9.17, 15) is 14.9 Å². The Kier molecular flexibility index (Phi) is 3.53. The van der Waals surface area contributed by atoms with Crippen molar-refractivity contribution in [2.75, 3.05) is 0 Å². The average Bonchev–Trinajstić information content (AvgIpc) is 2.87. The molecule has 0 aliphatic heterocycles. The van der Waals surface area contributed by atoms with Gasteiger partial charge in [0.1, 0.15) is 12.4 Å². The molecule has 0 bridgehead atoms. The molecule has 1 amide bonds. The molecular weight excluding hydrogens is 250 g/mol. The third kappa shape index (κ3) is 2.93. The highest BCUT2D eigenvalue weighted by molar-refractivity contribution is 5.93. The van der Waals surface area contributed by atoms with Crippen molar-refractivity contribution in [2.24, 2.45) is 5.84 Å². The lowest BCUT2D eigenvalue weighted by Gasteiger charge is -2.03. The normalized spacial score (nSPS) is 10.2. The molecule has 0 saturated heterocycles. The van der Waals surface area contributed by atoms with Gasteiger partial charge in [0.25, 0.3) is 5.91 Å². The minimum Gasteiger partial charge on any atom is -0.290 e. The highest BCUT2D eigenvalue weighted by Crippen LogP contribution is 2.11. The molecule has 2 rings (SSSR count). The van der Waals surface area contributed by atoms with Crippen molar-refractivity contribution >= 4 is 11.6 Å². The summed E-state index contributed by atoms with van der Waals surface area (Å²) in [4.78, 5) is 21.2. The van der Waals surface area contributed by atoms with E-state index < -0.39 is 4.92 Å². The topological polar surface area (TPSA) is 116 Å². The Morgan fingerprint density at radius 3 is 2.63 bits per heavy atom. The summed E-state index contributed by atoms with van der Waals surface area (Å²) in [5.74, 6) is 4.65. The molecule has 0 fully saturated rings. The predicted octanol–water partition coefficient (Wildman–Crippen LogP) is 0.443. The molecule has 8 nitrogen and oxygen atoms in total. The molecule has 1 aromatic carbocycles. The van der Waals surface area contributed by atoms with Gasteiger partial charge < -0.3 is 0 Å². The van der Waals surface area contributed by atoms with Gasteiger partial charge in [-0.05, 0) is 17.7 Å².